The third-order valence-corrected chi connectivity index (χ3v) is 3.80. The molecule has 1 aromatic heterocycles. The summed E-state index contributed by atoms with van der Waals surface area (Å²) in [5, 5.41) is 3.47. The number of hydrogen-bond acceptors (Lipinski definition) is 6. The molecule has 1 N–H and O–H groups in total. The monoisotopic (exact) mass is 280 g/mol. The Kier molecular flexibility index (Phi) is 5.55. The SMILES string of the molecule is CCN1CCC(CNCc2c(OC)ncnc2OC)C1. The fraction of sp³-hybridized carbons (Fsp3) is 0.714. The molecule has 6 nitrogen and oxygen atoms in total. The molecular weight excluding hydrogens is 256 g/mol. The van der Waals surface area contributed by atoms with Gasteiger partial charge in [-0.1, -0.05) is 6.92 Å². The Balaban J connectivity index is 1.88. The first-order valence-electron chi connectivity index (χ1n) is 7.13. The van der Waals surface area contributed by atoms with Crippen LogP contribution in [0.25, 0.3) is 0 Å². The van der Waals surface area contributed by atoms with Gasteiger partial charge in [0.15, 0.2) is 0 Å². The van der Waals surface area contributed by atoms with Gasteiger partial charge in [0.25, 0.3) is 0 Å². The van der Waals surface area contributed by atoms with E-state index >= 15 is 0 Å². The summed E-state index contributed by atoms with van der Waals surface area (Å²) in [4.78, 5) is 10.7. The van der Waals surface area contributed by atoms with Gasteiger partial charge in [-0.15, -0.1) is 0 Å². The highest BCUT2D eigenvalue weighted by molar-refractivity contribution is 5.34. The lowest BCUT2D eigenvalue weighted by Crippen LogP contribution is -2.26. The van der Waals surface area contributed by atoms with Crippen LogP contribution in [0.5, 0.6) is 11.8 Å². The zero-order chi connectivity index (χ0) is 14.4. The topological polar surface area (TPSA) is 59.5 Å². The Morgan fingerprint density at radius 2 is 2.00 bits per heavy atom. The summed E-state index contributed by atoms with van der Waals surface area (Å²) < 4.78 is 10.5. The van der Waals surface area contributed by atoms with Gasteiger partial charge in [0.1, 0.15) is 6.33 Å². The highest BCUT2D eigenvalue weighted by Gasteiger charge is 2.21. The van der Waals surface area contributed by atoms with Crippen molar-refractivity contribution in [3.05, 3.63) is 11.9 Å². The molecule has 0 radical (unpaired) electrons. The molecule has 112 valence electrons. The fourth-order valence-corrected chi connectivity index (χ4v) is 2.65. The summed E-state index contributed by atoms with van der Waals surface area (Å²) in [6, 6.07) is 0. The van der Waals surface area contributed by atoms with E-state index in [-0.39, 0.29) is 0 Å². The smallest absolute Gasteiger partial charge is 0.224 e. The lowest BCUT2D eigenvalue weighted by Gasteiger charge is -2.15. The predicted octanol–water partition coefficient (Wildman–Crippen LogP) is 0.925. The van der Waals surface area contributed by atoms with Crippen LogP contribution >= 0.6 is 0 Å². The van der Waals surface area contributed by atoms with Gasteiger partial charge >= 0.3 is 0 Å². The number of nitrogens with one attached hydrogen (secondary N) is 1. The van der Waals surface area contributed by atoms with E-state index in [4.69, 9.17) is 9.47 Å². The highest BCUT2D eigenvalue weighted by atomic mass is 16.5. The van der Waals surface area contributed by atoms with Crippen molar-refractivity contribution >= 4 is 0 Å². The zero-order valence-electron chi connectivity index (χ0n) is 12.6. The normalized spacial score (nSPS) is 19.2. The summed E-state index contributed by atoms with van der Waals surface area (Å²) in [5.74, 6) is 1.87. The van der Waals surface area contributed by atoms with Gasteiger partial charge in [-0.05, 0) is 32.0 Å². The maximum absolute atomic E-state index is 5.27. The molecule has 6 heteroatoms. The predicted molar refractivity (Wildman–Crippen MR) is 77.1 cm³/mol. The number of hydrogen-bond donors (Lipinski definition) is 1. The second-order valence-electron chi connectivity index (χ2n) is 5.05. The Labute approximate surface area is 120 Å². The first kappa shape index (κ1) is 15.0. The first-order chi connectivity index (χ1) is 9.78. The van der Waals surface area contributed by atoms with Crippen LogP contribution in [0.15, 0.2) is 6.33 Å². The Morgan fingerprint density at radius 1 is 1.30 bits per heavy atom. The minimum absolute atomic E-state index is 0.575. The summed E-state index contributed by atoms with van der Waals surface area (Å²) in [5.41, 5.74) is 0.878. The quantitative estimate of drug-likeness (QED) is 0.801. The molecular formula is C14H24N4O2. The summed E-state index contributed by atoms with van der Waals surface area (Å²) in [6.07, 6.45) is 2.72. The molecule has 1 saturated heterocycles. The van der Waals surface area contributed by atoms with Crippen molar-refractivity contribution in [3.8, 4) is 11.8 Å². The lowest BCUT2D eigenvalue weighted by atomic mass is 10.1. The number of methoxy groups -OCH3 is 2. The molecule has 20 heavy (non-hydrogen) atoms. The molecule has 1 atom stereocenters. The molecule has 2 rings (SSSR count). The number of aromatic nitrogens is 2. The van der Waals surface area contributed by atoms with Crippen molar-refractivity contribution in [2.45, 2.75) is 19.9 Å². The second kappa shape index (κ2) is 7.40. The van der Waals surface area contributed by atoms with Gasteiger partial charge in [-0.25, -0.2) is 9.97 Å². The largest absolute Gasteiger partial charge is 0.481 e. The summed E-state index contributed by atoms with van der Waals surface area (Å²) in [7, 11) is 3.22. The van der Waals surface area contributed by atoms with Crippen molar-refractivity contribution in [2.75, 3.05) is 40.4 Å². The maximum Gasteiger partial charge on any atom is 0.224 e. The van der Waals surface area contributed by atoms with Gasteiger partial charge in [-0.2, -0.15) is 0 Å². The van der Waals surface area contributed by atoms with E-state index in [0.29, 0.717) is 18.3 Å². The molecule has 1 unspecified atom stereocenters. The van der Waals surface area contributed by atoms with Crippen LogP contribution in [0.4, 0.5) is 0 Å². The molecule has 1 aromatic rings. The van der Waals surface area contributed by atoms with Gasteiger partial charge in [0.2, 0.25) is 11.8 Å². The first-order valence-corrected chi connectivity index (χ1v) is 7.13. The van der Waals surface area contributed by atoms with Crippen molar-refractivity contribution in [1.82, 2.24) is 20.2 Å². The highest BCUT2D eigenvalue weighted by Crippen LogP contribution is 2.23. The van der Waals surface area contributed by atoms with E-state index in [2.05, 4.69) is 27.1 Å². The van der Waals surface area contributed by atoms with Crippen LogP contribution in [-0.2, 0) is 6.54 Å². The Bertz CT molecular complexity index is 405. The van der Waals surface area contributed by atoms with E-state index in [1.165, 1.54) is 25.8 Å². The molecule has 1 aliphatic heterocycles. The zero-order valence-corrected chi connectivity index (χ0v) is 12.6. The third-order valence-electron chi connectivity index (χ3n) is 3.80. The Morgan fingerprint density at radius 3 is 2.55 bits per heavy atom. The van der Waals surface area contributed by atoms with Crippen molar-refractivity contribution in [3.63, 3.8) is 0 Å². The average molecular weight is 280 g/mol. The molecule has 0 saturated carbocycles. The van der Waals surface area contributed by atoms with Crippen LogP contribution < -0.4 is 14.8 Å². The van der Waals surface area contributed by atoms with E-state index in [1.807, 2.05) is 0 Å². The summed E-state index contributed by atoms with van der Waals surface area (Å²) >= 11 is 0. The summed E-state index contributed by atoms with van der Waals surface area (Å²) in [6.45, 7) is 7.41. The van der Waals surface area contributed by atoms with Gasteiger partial charge in [0.05, 0.1) is 19.8 Å². The minimum atomic E-state index is 0.575. The van der Waals surface area contributed by atoms with Crippen molar-refractivity contribution in [2.24, 2.45) is 5.92 Å². The number of nitrogens with zero attached hydrogens (tertiary/aromatic N) is 3. The Hall–Kier alpha value is -1.40. The van der Waals surface area contributed by atoms with Gasteiger partial charge in [-0.3, -0.25) is 0 Å². The molecule has 0 amide bonds. The van der Waals surface area contributed by atoms with Gasteiger partial charge in [0, 0.05) is 13.1 Å². The van der Waals surface area contributed by atoms with Crippen LogP contribution in [-0.4, -0.2) is 55.3 Å². The van der Waals surface area contributed by atoms with E-state index in [9.17, 15) is 0 Å². The number of ether oxygens (including phenoxy) is 2. The van der Waals surface area contributed by atoms with E-state index < -0.39 is 0 Å². The second-order valence-corrected chi connectivity index (χ2v) is 5.05. The van der Waals surface area contributed by atoms with E-state index in [1.54, 1.807) is 14.2 Å². The van der Waals surface area contributed by atoms with Gasteiger partial charge < -0.3 is 19.7 Å². The standard InChI is InChI=1S/C14H24N4O2/c1-4-18-6-5-11(9-18)7-15-8-12-13(19-2)16-10-17-14(12)20-3/h10-11,15H,4-9H2,1-3H3. The van der Waals surface area contributed by atoms with Crippen LogP contribution in [0.2, 0.25) is 0 Å². The van der Waals surface area contributed by atoms with Crippen LogP contribution in [0.1, 0.15) is 18.9 Å². The lowest BCUT2D eigenvalue weighted by molar-refractivity contribution is 0.336. The molecule has 0 aromatic carbocycles. The molecule has 0 spiro atoms. The van der Waals surface area contributed by atoms with Crippen molar-refractivity contribution in [1.29, 1.82) is 0 Å². The number of rotatable bonds is 7. The molecule has 1 aliphatic rings. The fourth-order valence-electron chi connectivity index (χ4n) is 2.65. The maximum atomic E-state index is 5.27. The van der Waals surface area contributed by atoms with E-state index in [0.717, 1.165) is 24.6 Å². The number of likely N-dealkylation sites (tertiary alicyclic amines) is 1. The molecule has 0 aliphatic carbocycles. The molecule has 2 heterocycles. The van der Waals surface area contributed by atoms with Crippen LogP contribution in [0.3, 0.4) is 0 Å². The third kappa shape index (κ3) is 3.58. The molecule has 1 fully saturated rings. The average Bonchev–Trinajstić information content (AvgIpc) is 2.95. The minimum Gasteiger partial charge on any atom is -0.481 e. The van der Waals surface area contributed by atoms with Crippen molar-refractivity contribution < 1.29 is 9.47 Å². The molecule has 0 bridgehead atoms. The van der Waals surface area contributed by atoms with Crippen LogP contribution in [0, 0.1) is 5.92 Å².